The second-order valence-corrected chi connectivity index (χ2v) is 11.1. The minimum absolute atomic E-state index is 0.0666. The zero-order chi connectivity index (χ0) is 30.4. The van der Waals surface area contributed by atoms with E-state index in [9.17, 15) is 13.2 Å². The summed E-state index contributed by atoms with van der Waals surface area (Å²) < 4.78 is 42.4. The van der Waals surface area contributed by atoms with Crippen molar-refractivity contribution in [3.05, 3.63) is 59.9 Å². The predicted molar refractivity (Wildman–Crippen MR) is 159 cm³/mol. The monoisotopic (exact) mass is 597 g/mol. The number of nitrogens with zero attached hydrogens (tertiary/aromatic N) is 5. The fraction of sp³-hybridized carbons (Fsp3) is 0.357. The van der Waals surface area contributed by atoms with Crippen molar-refractivity contribution in [1.82, 2.24) is 25.1 Å². The molecule has 0 saturated carbocycles. The third-order valence-electron chi connectivity index (χ3n) is 6.63. The van der Waals surface area contributed by atoms with Gasteiger partial charge in [-0.1, -0.05) is 17.7 Å². The van der Waals surface area contributed by atoms with Crippen molar-refractivity contribution in [2.24, 2.45) is 7.05 Å². The third kappa shape index (κ3) is 7.32. The summed E-state index contributed by atoms with van der Waals surface area (Å²) in [6.07, 6.45) is 4.41. The summed E-state index contributed by atoms with van der Waals surface area (Å²) in [4.78, 5) is 24.0. The van der Waals surface area contributed by atoms with Crippen LogP contribution < -0.4 is 25.0 Å². The second-order valence-electron chi connectivity index (χ2n) is 9.70. The topological polar surface area (TPSA) is 161 Å². The first-order valence-electron chi connectivity index (χ1n) is 13.3. The first-order chi connectivity index (χ1) is 20.0. The van der Waals surface area contributed by atoms with Gasteiger partial charge in [0, 0.05) is 55.7 Å². The third-order valence-corrected chi connectivity index (χ3v) is 7.50. The Morgan fingerprint density at radius 2 is 1.95 bits per heavy atom. The maximum absolute atomic E-state index is 13.0. The Kier molecular flexibility index (Phi) is 9.60. The lowest BCUT2D eigenvalue weighted by Gasteiger charge is -2.18. The highest BCUT2D eigenvalue weighted by Crippen LogP contribution is 2.30. The van der Waals surface area contributed by atoms with E-state index in [1.165, 1.54) is 18.3 Å². The van der Waals surface area contributed by atoms with Gasteiger partial charge in [0.25, 0.3) is 16.0 Å². The maximum Gasteiger partial charge on any atom is 0.294 e. The standard InChI is InChI=1S/C21H27N7O3.C7H8O3S/c1-5-31-20-16(10-23-21(25-20)28-7-6-14(12-28)22-2)19(29)24-15-8-13-11-27(3)26-18(13)17(9-15)30-4;1-6-2-4-7(5-3-6)11(8,9)10/h8-11,14,22H,5-7,12H2,1-4H3,(H,24,29);2-5H,1H3,(H,8,9,10). The number of carbonyl (C=O) groups is 1. The van der Waals surface area contributed by atoms with Crippen LogP contribution in [0.4, 0.5) is 11.6 Å². The van der Waals surface area contributed by atoms with E-state index in [1.54, 1.807) is 30.0 Å². The van der Waals surface area contributed by atoms with E-state index in [0.717, 1.165) is 36.0 Å². The van der Waals surface area contributed by atoms with E-state index in [0.29, 0.717) is 30.0 Å². The molecule has 1 saturated heterocycles. The van der Waals surface area contributed by atoms with Crippen LogP contribution in [0.3, 0.4) is 0 Å². The van der Waals surface area contributed by atoms with Crippen LogP contribution in [0.15, 0.2) is 53.7 Å². The average molecular weight is 598 g/mol. The Bertz CT molecular complexity index is 1660. The van der Waals surface area contributed by atoms with Gasteiger partial charge >= 0.3 is 0 Å². The van der Waals surface area contributed by atoms with Gasteiger partial charge in [0.05, 0.1) is 18.6 Å². The highest BCUT2D eigenvalue weighted by molar-refractivity contribution is 7.85. The number of hydrogen-bond acceptors (Lipinski definition) is 10. The molecule has 4 aromatic rings. The normalized spacial score (nSPS) is 14.8. The number of ether oxygens (including phenoxy) is 2. The molecule has 224 valence electrons. The van der Waals surface area contributed by atoms with Crippen LogP contribution in [0.2, 0.25) is 0 Å². The Labute approximate surface area is 244 Å². The molecule has 3 N–H and O–H groups in total. The largest absolute Gasteiger partial charge is 0.494 e. The van der Waals surface area contributed by atoms with Crippen molar-refractivity contribution >= 4 is 38.6 Å². The number of fused-ring (bicyclic) bond motifs is 1. The van der Waals surface area contributed by atoms with Crippen molar-refractivity contribution in [2.75, 3.05) is 44.1 Å². The number of methoxy groups -OCH3 is 1. The van der Waals surface area contributed by atoms with Crippen LogP contribution in [0.25, 0.3) is 10.9 Å². The number of hydrogen-bond donors (Lipinski definition) is 3. The molecule has 3 heterocycles. The summed E-state index contributed by atoms with van der Waals surface area (Å²) in [7, 11) is 1.34. The molecule has 1 unspecified atom stereocenters. The molecule has 1 fully saturated rings. The number of anilines is 2. The number of nitrogens with one attached hydrogen (secondary N) is 2. The zero-order valence-corrected chi connectivity index (χ0v) is 25.0. The molecule has 13 nitrogen and oxygen atoms in total. The molecule has 5 rings (SSSR count). The summed E-state index contributed by atoms with van der Waals surface area (Å²) in [6, 6.07) is 9.98. The highest BCUT2D eigenvalue weighted by Gasteiger charge is 2.25. The van der Waals surface area contributed by atoms with Gasteiger partial charge in [-0.25, -0.2) is 4.98 Å². The Morgan fingerprint density at radius 3 is 2.57 bits per heavy atom. The van der Waals surface area contributed by atoms with E-state index in [1.807, 2.05) is 40.2 Å². The van der Waals surface area contributed by atoms with Crippen molar-refractivity contribution in [2.45, 2.75) is 31.2 Å². The van der Waals surface area contributed by atoms with E-state index in [2.05, 4.69) is 30.6 Å². The quantitative estimate of drug-likeness (QED) is 0.256. The van der Waals surface area contributed by atoms with Crippen molar-refractivity contribution in [3.63, 3.8) is 0 Å². The maximum atomic E-state index is 13.0. The number of benzene rings is 2. The van der Waals surface area contributed by atoms with Gasteiger partial charge in [0.2, 0.25) is 11.8 Å². The lowest BCUT2D eigenvalue weighted by atomic mass is 10.2. The molecule has 0 aliphatic carbocycles. The Balaban J connectivity index is 0.000000310. The fourth-order valence-corrected chi connectivity index (χ4v) is 4.93. The highest BCUT2D eigenvalue weighted by atomic mass is 32.2. The van der Waals surface area contributed by atoms with Gasteiger partial charge < -0.3 is 25.0 Å². The lowest BCUT2D eigenvalue weighted by Crippen LogP contribution is -2.30. The molecule has 1 aliphatic rings. The minimum Gasteiger partial charge on any atom is -0.494 e. The molecular formula is C28H35N7O6S. The molecule has 1 amide bonds. The predicted octanol–water partition coefficient (Wildman–Crippen LogP) is 3.06. The Hall–Kier alpha value is -4.27. The summed E-state index contributed by atoms with van der Waals surface area (Å²) in [6.45, 7) is 5.77. The van der Waals surface area contributed by atoms with Crippen LogP contribution in [-0.2, 0) is 17.2 Å². The SMILES string of the molecule is CCOc1nc(N2CCC(NC)C2)ncc1C(=O)Nc1cc(OC)c2nn(C)cc2c1.Cc1ccc(S(=O)(=O)O)cc1. The molecule has 0 bridgehead atoms. The molecule has 0 radical (unpaired) electrons. The molecule has 2 aromatic heterocycles. The number of aromatic nitrogens is 4. The minimum atomic E-state index is -4.02. The zero-order valence-electron chi connectivity index (χ0n) is 24.2. The summed E-state index contributed by atoms with van der Waals surface area (Å²) in [5.74, 6) is 1.07. The van der Waals surface area contributed by atoms with Crippen LogP contribution in [-0.4, -0.2) is 78.5 Å². The summed E-state index contributed by atoms with van der Waals surface area (Å²) in [5.41, 5.74) is 2.55. The molecule has 14 heteroatoms. The number of likely N-dealkylation sites (N-methyl/N-ethyl adjacent to an activating group) is 1. The van der Waals surface area contributed by atoms with Crippen molar-refractivity contribution in [1.29, 1.82) is 0 Å². The van der Waals surface area contributed by atoms with Gasteiger partial charge in [-0.15, -0.1) is 0 Å². The fourth-order valence-electron chi connectivity index (χ4n) is 4.45. The van der Waals surface area contributed by atoms with Crippen LogP contribution in [0, 0.1) is 6.92 Å². The number of rotatable bonds is 8. The van der Waals surface area contributed by atoms with Gasteiger partial charge in [-0.3, -0.25) is 14.0 Å². The van der Waals surface area contributed by atoms with Crippen molar-refractivity contribution < 1.29 is 27.2 Å². The van der Waals surface area contributed by atoms with E-state index >= 15 is 0 Å². The molecule has 1 aliphatic heterocycles. The first-order valence-corrected chi connectivity index (χ1v) is 14.7. The number of amides is 1. The van der Waals surface area contributed by atoms with E-state index in [4.69, 9.17) is 14.0 Å². The summed E-state index contributed by atoms with van der Waals surface area (Å²) >= 11 is 0. The van der Waals surface area contributed by atoms with Crippen LogP contribution in [0.5, 0.6) is 11.6 Å². The molecule has 1 atom stereocenters. The Morgan fingerprint density at radius 1 is 1.21 bits per heavy atom. The molecule has 0 spiro atoms. The average Bonchev–Trinajstić information content (AvgIpc) is 3.59. The lowest BCUT2D eigenvalue weighted by molar-refractivity contribution is 0.102. The van der Waals surface area contributed by atoms with E-state index < -0.39 is 10.1 Å². The number of carbonyl (C=O) groups excluding carboxylic acids is 1. The van der Waals surface area contributed by atoms with Crippen LogP contribution >= 0.6 is 0 Å². The second kappa shape index (κ2) is 13.1. The van der Waals surface area contributed by atoms with Crippen LogP contribution in [0.1, 0.15) is 29.3 Å². The van der Waals surface area contributed by atoms with Crippen molar-refractivity contribution in [3.8, 4) is 11.6 Å². The van der Waals surface area contributed by atoms with Gasteiger partial charge in [0.1, 0.15) is 16.8 Å². The van der Waals surface area contributed by atoms with Gasteiger partial charge in [-0.2, -0.15) is 18.5 Å². The summed E-state index contributed by atoms with van der Waals surface area (Å²) in [5, 5.41) is 11.4. The van der Waals surface area contributed by atoms with E-state index in [-0.39, 0.29) is 22.2 Å². The number of aryl methyl sites for hydroxylation is 2. The molecular weight excluding hydrogens is 562 g/mol. The van der Waals surface area contributed by atoms with Gasteiger partial charge in [0.15, 0.2) is 0 Å². The molecule has 2 aromatic carbocycles. The smallest absolute Gasteiger partial charge is 0.294 e. The molecule has 42 heavy (non-hydrogen) atoms. The van der Waals surface area contributed by atoms with Gasteiger partial charge in [-0.05, 0) is 45.5 Å². The first kappa shape index (κ1) is 30.7.